The third-order valence-electron chi connectivity index (χ3n) is 5.59. The van der Waals surface area contributed by atoms with Crippen molar-refractivity contribution in [1.29, 1.82) is 0 Å². The van der Waals surface area contributed by atoms with Crippen molar-refractivity contribution in [3.05, 3.63) is 83.4 Å². The van der Waals surface area contributed by atoms with Crippen molar-refractivity contribution in [1.82, 2.24) is 19.9 Å². The molecular weight excluding hydrogens is 426 g/mol. The Bertz CT molecular complexity index is 1240. The number of hydrogen-bond donors (Lipinski definition) is 0. The molecule has 3 aromatic rings. The fraction of sp³-hybridized carbons (Fsp3) is 0.333. The normalized spacial score (nSPS) is 14.2. The van der Waals surface area contributed by atoms with Crippen molar-refractivity contribution in [2.24, 2.45) is 0 Å². The lowest BCUT2D eigenvalue weighted by atomic mass is 9.95. The zero-order valence-corrected chi connectivity index (χ0v) is 20.7. The maximum absolute atomic E-state index is 6.10. The molecule has 4 rings (SSSR count). The van der Waals surface area contributed by atoms with Gasteiger partial charge in [0.1, 0.15) is 18.2 Å². The highest BCUT2D eigenvalue weighted by atomic mass is 16.5. The average molecular weight is 458 g/mol. The summed E-state index contributed by atoms with van der Waals surface area (Å²) in [6, 6.07) is 11.7. The number of pyridine rings is 2. The lowest BCUT2D eigenvalue weighted by Crippen LogP contribution is -2.27. The number of anilines is 1. The molecule has 0 amide bonds. The molecule has 3 aromatic heterocycles. The summed E-state index contributed by atoms with van der Waals surface area (Å²) in [5.41, 5.74) is 5.64. The van der Waals surface area contributed by atoms with Gasteiger partial charge in [0.15, 0.2) is 0 Å². The lowest BCUT2D eigenvalue weighted by Gasteiger charge is -2.30. The molecule has 4 heterocycles. The van der Waals surface area contributed by atoms with Gasteiger partial charge in [-0.3, -0.25) is 4.98 Å². The van der Waals surface area contributed by atoms with Gasteiger partial charge in [0.25, 0.3) is 0 Å². The van der Waals surface area contributed by atoms with Crippen molar-refractivity contribution in [3.8, 4) is 17.3 Å². The molecule has 7 nitrogen and oxygen atoms in total. The van der Waals surface area contributed by atoms with Crippen LogP contribution in [0.15, 0.2) is 71.9 Å². The summed E-state index contributed by atoms with van der Waals surface area (Å²) in [7, 11) is 1.61. The van der Waals surface area contributed by atoms with E-state index in [0.29, 0.717) is 12.5 Å². The third kappa shape index (κ3) is 5.25. The molecule has 0 radical (unpaired) electrons. The van der Waals surface area contributed by atoms with Crippen LogP contribution in [0.4, 0.5) is 5.69 Å². The average Bonchev–Trinajstić information content (AvgIpc) is 2.84. The number of rotatable bonds is 6. The lowest BCUT2D eigenvalue weighted by molar-refractivity contribution is 0.201. The molecule has 0 fully saturated rings. The second kappa shape index (κ2) is 9.63. The number of allylic oxidation sites excluding steroid dienone is 2. The molecular formula is C27H31N5O2. The summed E-state index contributed by atoms with van der Waals surface area (Å²) < 4.78 is 11.3. The van der Waals surface area contributed by atoms with Crippen LogP contribution >= 0.6 is 0 Å². The maximum Gasteiger partial charge on any atom is 0.213 e. The van der Waals surface area contributed by atoms with Crippen molar-refractivity contribution in [2.45, 2.75) is 46.6 Å². The Balaban J connectivity index is 1.52. The van der Waals surface area contributed by atoms with E-state index in [1.54, 1.807) is 13.3 Å². The van der Waals surface area contributed by atoms with E-state index in [2.05, 4.69) is 66.6 Å². The molecule has 0 spiro atoms. The molecule has 0 N–H and O–H groups in total. The minimum atomic E-state index is -0.126. The van der Waals surface area contributed by atoms with E-state index in [-0.39, 0.29) is 5.41 Å². The highest BCUT2D eigenvalue weighted by Gasteiger charge is 2.20. The molecule has 0 saturated carbocycles. The quantitative estimate of drug-likeness (QED) is 0.487. The van der Waals surface area contributed by atoms with Crippen LogP contribution in [0.1, 0.15) is 46.1 Å². The van der Waals surface area contributed by atoms with Crippen LogP contribution in [-0.4, -0.2) is 33.6 Å². The van der Waals surface area contributed by atoms with Gasteiger partial charge in [-0.05, 0) is 49.8 Å². The van der Waals surface area contributed by atoms with Gasteiger partial charge >= 0.3 is 0 Å². The number of ether oxygens (including phenoxy) is 2. The molecule has 0 saturated heterocycles. The Morgan fingerprint density at radius 2 is 1.76 bits per heavy atom. The molecule has 34 heavy (non-hydrogen) atoms. The van der Waals surface area contributed by atoms with Crippen LogP contribution in [-0.2, 0) is 16.8 Å². The Morgan fingerprint density at radius 1 is 0.971 bits per heavy atom. The van der Waals surface area contributed by atoms with Gasteiger partial charge in [0.05, 0.1) is 24.2 Å². The van der Waals surface area contributed by atoms with Crippen LogP contribution in [0.3, 0.4) is 0 Å². The van der Waals surface area contributed by atoms with Gasteiger partial charge in [0, 0.05) is 41.8 Å². The highest BCUT2D eigenvalue weighted by molar-refractivity contribution is 5.64. The summed E-state index contributed by atoms with van der Waals surface area (Å²) in [6.07, 6.45) is 5.70. The summed E-state index contributed by atoms with van der Waals surface area (Å²) in [4.78, 5) is 20.4. The number of aromatic nitrogens is 4. The molecule has 7 heteroatoms. The molecule has 0 atom stereocenters. The maximum atomic E-state index is 6.10. The van der Waals surface area contributed by atoms with E-state index in [1.807, 2.05) is 36.5 Å². The fourth-order valence-corrected chi connectivity index (χ4v) is 3.68. The Labute approximate surface area is 201 Å². The van der Waals surface area contributed by atoms with Crippen molar-refractivity contribution < 1.29 is 9.47 Å². The second-order valence-corrected chi connectivity index (χ2v) is 9.39. The van der Waals surface area contributed by atoms with Gasteiger partial charge in [-0.1, -0.05) is 26.8 Å². The van der Waals surface area contributed by atoms with E-state index in [9.17, 15) is 0 Å². The second-order valence-electron chi connectivity index (χ2n) is 9.39. The van der Waals surface area contributed by atoms with Gasteiger partial charge in [-0.2, -0.15) is 0 Å². The van der Waals surface area contributed by atoms with E-state index in [4.69, 9.17) is 14.5 Å². The fourth-order valence-electron chi connectivity index (χ4n) is 3.68. The van der Waals surface area contributed by atoms with E-state index < -0.39 is 0 Å². The SMILES string of the molecule is COc1cccc(COC2=C(C)CN(c3ccnc(-c4ccnc(C(C)(C)C)n4)c3)C(C)=C2)n1. The number of nitrogens with zero attached hydrogens (tertiary/aromatic N) is 5. The van der Waals surface area contributed by atoms with E-state index in [1.165, 1.54) is 0 Å². The molecule has 1 aliphatic heterocycles. The topological polar surface area (TPSA) is 73.3 Å². The zero-order chi connectivity index (χ0) is 24.3. The molecule has 0 aliphatic carbocycles. The zero-order valence-electron chi connectivity index (χ0n) is 20.7. The van der Waals surface area contributed by atoms with Crippen molar-refractivity contribution >= 4 is 5.69 Å². The van der Waals surface area contributed by atoms with Crippen LogP contribution < -0.4 is 9.64 Å². The number of hydrogen-bond acceptors (Lipinski definition) is 7. The van der Waals surface area contributed by atoms with Crippen LogP contribution in [0.25, 0.3) is 11.4 Å². The van der Waals surface area contributed by atoms with Gasteiger partial charge in [-0.15, -0.1) is 0 Å². The standard InChI is InChI=1S/C27H31N5O2/c1-18-16-32(19(2)14-24(18)34-17-20-8-7-9-25(30-20)33-6)21-10-12-28-23(15-21)22-11-13-29-26(31-22)27(3,4)5/h7-15H,16-17H2,1-6H3. The summed E-state index contributed by atoms with van der Waals surface area (Å²) in [6.45, 7) is 11.6. The summed E-state index contributed by atoms with van der Waals surface area (Å²) in [5, 5.41) is 0. The van der Waals surface area contributed by atoms with Crippen molar-refractivity contribution in [3.63, 3.8) is 0 Å². The molecule has 1 aliphatic rings. The van der Waals surface area contributed by atoms with Crippen molar-refractivity contribution in [2.75, 3.05) is 18.6 Å². The van der Waals surface area contributed by atoms with Gasteiger partial charge in [0.2, 0.25) is 5.88 Å². The van der Waals surface area contributed by atoms with E-state index in [0.717, 1.165) is 52.2 Å². The van der Waals surface area contributed by atoms with Crippen LogP contribution in [0.5, 0.6) is 5.88 Å². The molecule has 0 bridgehead atoms. The monoisotopic (exact) mass is 457 g/mol. The Morgan fingerprint density at radius 3 is 2.53 bits per heavy atom. The first-order chi connectivity index (χ1) is 16.2. The molecule has 176 valence electrons. The summed E-state index contributed by atoms with van der Waals surface area (Å²) >= 11 is 0. The predicted octanol–water partition coefficient (Wildman–Crippen LogP) is 5.45. The van der Waals surface area contributed by atoms with Gasteiger partial charge in [-0.25, -0.2) is 15.0 Å². The predicted molar refractivity (Wildman–Crippen MR) is 133 cm³/mol. The van der Waals surface area contributed by atoms with Gasteiger partial charge < -0.3 is 14.4 Å². The minimum Gasteiger partial charge on any atom is -0.487 e. The third-order valence-corrected chi connectivity index (χ3v) is 5.59. The van der Waals surface area contributed by atoms with Crippen LogP contribution in [0.2, 0.25) is 0 Å². The molecule has 0 unspecified atom stereocenters. The highest BCUT2D eigenvalue weighted by Crippen LogP contribution is 2.30. The summed E-state index contributed by atoms with van der Waals surface area (Å²) in [5.74, 6) is 2.26. The molecule has 0 aromatic carbocycles. The first-order valence-corrected chi connectivity index (χ1v) is 11.3. The first-order valence-electron chi connectivity index (χ1n) is 11.3. The number of methoxy groups -OCH3 is 1. The Hall–Kier alpha value is -3.74. The minimum absolute atomic E-state index is 0.126. The largest absolute Gasteiger partial charge is 0.487 e. The smallest absolute Gasteiger partial charge is 0.213 e. The van der Waals surface area contributed by atoms with E-state index >= 15 is 0 Å². The van der Waals surface area contributed by atoms with Crippen LogP contribution in [0, 0.1) is 0 Å². The Kier molecular flexibility index (Phi) is 6.63. The first kappa shape index (κ1) is 23.4.